The first-order valence-electron chi connectivity index (χ1n) is 10.6. The molecule has 0 bridgehead atoms. The number of carbonyl (C=O) groups is 2. The van der Waals surface area contributed by atoms with Crippen LogP contribution in [-0.4, -0.2) is 30.7 Å². The van der Waals surface area contributed by atoms with Gasteiger partial charge in [0.2, 0.25) is 0 Å². The maximum Gasteiger partial charge on any atom is 0.262 e. The molecule has 0 radical (unpaired) electrons. The minimum absolute atomic E-state index is 0.205. The Kier molecular flexibility index (Phi) is 10.7. The number of hydrazone groups is 1. The standard InChI is InChI=1S/C24H29BrClN3O3/c1-4-5-12-32-22-11-6-17(14-20(22)25)15-27-29-24(31)21(13-16(2)3)28-23(30)18-7-9-19(26)10-8-18/h6-11,14-16,21H,4-5,12-13H2,1-3H3,(H,28,30)(H,29,31). The molecular weight excluding hydrogens is 494 g/mol. The Balaban J connectivity index is 1.98. The zero-order valence-corrected chi connectivity index (χ0v) is 20.9. The third kappa shape index (κ3) is 8.63. The molecule has 0 aromatic heterocycles. The van der Waals surface area contributed by atoms with Crippen LogP contribution in [0.2, 0.25) is 5.02 Å². The maximum absolute atomic E-state index is 12.7. The second-order valence-corrected chi connectivity index (χ2v) is 9.08. The van der Waals surface area contributed by atoms with Gasteiger partial charge in [0, 0.05) is 10.6 Å². The van der Waals surface area contributed by atoms with Crippen LogP contribution in [0.5, 0.6) is 5.75 Å². The van der Waals surface area contributed by atoms with Gasteiger partial charge in [-0.2, -0.15) is 5.10 Å². The van der Waals surface area contributed by atoms with Crippen molar-refractivity contribution >= 4 is 45.6 Å². The fraction of sp³-hybridized carbons (Fsp3) is 0.375. The molecule has 2 aromatic carbocycles. The molecule has 2 N–H and O–H groups in total. The van der Waals surface area contributed by atoms with E-state index < -0.39 is 6.04 Å². The lowest BCUT2D eigenvalue weighted by Gasteiger charge is -2.19. The molecule has 2 aromatic rings. The van der Waals surface area contributed by atoms with Gasteiger partial charge in [-0.05, 0) is 82.7 Å². The summed E-state index contributed by atoms with van der Waals surface area (Å²) in [5, 5.41) is 7.38. The molecule has 0 spiro atoms. The number of rotatable bonds is 11. The van der Waals surface area contributed by atoms with Gasteiger partial charge in [-0.15, -0.1) is 0 Å². The number of unbranched alkanes of at least 4 members (excludes halogenated alkanes) is 1. The highest BCUT2D eigenvalue weighted by Crippen LogP contribution is 2.25. The first-order valence-corrected chi connectivity index (χ1v) is 11.8. The number of halogens is 2. The fourth-order valence-electron chi connectivity index (χ4n) is 2.84. The Morgan fingerprint density at radius 1 is 1.19 bits per heavy atom. The van der Waals surface area contributed by atoms with Crippen LogP contribution in [0.4, 0.5) is 0 Å². The van der Waals surface area contributed by atoms with E-state index >= 15 is 0 Å². The number of hydrogen-bond acceptors (Lipinski definition) is 4. The van der Waals surface area contributed by atoms with Gasteiger partial charge in [-0.1, -0.05) is 38.8 Å². The quantitative estimate of drug-likeness (QED) is 0.230. The van der Waals surface area contributed by atoms with E-state index in [1.54, 1.807) is 30.5 Å². The SMILES string of the molecule is CCCCOc1ccc(C=NNC(=O)C(CC(C)C)NC(=O)c2ccc(Cl)cc2)cc1Br. The van der Waals surface area contributed by atoms with Crippen molar-refractivity contribution < 1.29 is 14.3 Å². The van der Waals surface area contributed by atoms with Crippen molar-refractivity contribution in [3.63, 3.8) is 0 Å². The van der Waals surface area contributed by atoms with Crippen molar-refractivity contribution in [1.29, 1.82) is 0 Å². The number of amides is 2. The molecule has 2 amide bonds. The average molecular weight is 523 g/mol. The van der Waals surface area contributed by atoms with Crippen molar-refractivity contribution in [2.75, 3.05) is 6.61 Å². The minimum atomic E-state index is -0.712. The fourth-order valence-corrected chi connectivity index (χ4v) is 3.47. The Morgan fingerprint density at radius 2 is 1.91 bits per heavy atom. The average Bonchev–Trinajstić information content (AvgIpc) is 2.75. The smallest absolute Gasteiger partial charge is 0.262 e. The molecule has 0 aliphatic heterocycles. The van der Waals surface area contributed by atoms with Crippen LogP contribution in [0, 0.1) is 5.92 Å². The predicted octanol–water partition coefficient (Wildman–Crippen LogP) is 5.58. The van der Waals surface area contributed by atoms with Crippen molar-refractivity contribution in [1.82, 2.24) is 10.7 Å². The number of benzene rings is 2. The van der Waals surface area contributed by atoms with E-state index in [2.05, 4.69) is 38.7 Å². The van der Waals surface area contributed by atoms with Crippen LogP contribution in [0.15, 0.2) is 52.0 Å². The Bertz CT molecular complexity index is 933. The van der Waals surface area contributed by atoms with Crippen LogP contribution in [-0.2, 0) is 4.79 Å². The van der Waals surface area contributed by atoms with Crippen molar-refractivity contribution in [2.45, 2.75) is 46.1 Å². The van der Waals surface area contributed by atoms with Gasteiger partial charge >= 0.3 is 0 Å². The number of carbonyl (C=O) groups excluding carboxylic acids is 2. The summed E-state index contributed by atoms with van der Waals surface area (Å²) in [6.45, 7) is 6.75. The van der Waals surface area contributed by atoms with Gasteiger partial charge in [-0.3, -0.25) is 9.59 Å². The molecule has 2 rings (SSSR count). The second-order valence-electron chi connectivity index (χ2n) is 7.79. The van der Waals surface area contributed by atoms with Crippen LogP contribution in [0.25, 0.3) is 0 Å². The number of hydrogen-bond donors (Lipinski definition) is 2. The van der Waals surface area contributed by atoms with Crippen molar-refractivity contribution in [3.8, 4) is 5.75 Å². The monoisotopic (exact) mass is 521 g/mol. The summed E-state index contributed by atoms with van der Waals surface area (Å²) < 4.78 is 6.53. The van der Waals surface area contributed by atoms with Gasteiger partial charge in [0.25, 0.3) is 11.8 Å². The normalized spacial score (nSPS) is 12.1. The summed E-state index contributed by atoms with van der Waals surface area (Å²) >= 11 is 9.37. The van der Waals surface area contributed by atoms with E-state index in [1.807, 2.05) is 32.0 Å². The molecular formula is C24H29BrClN3O3. The summed E-state index contributed by atoms with van der Waals surface area (Å²) in [6.07, 6.45) is 4.09. The molecule has 0 fully saturated rings. The molecule has 0 saturated heterocycles. The zero-order valence-electron chi connectivity index (χ0n) is 18.5. The van der Waals surface area contributed by atoms with Crippen LogP contribution < -0.4 is 15.5 Å². The molecule has 0 saturated carbocycles. The summed E-state index contributed by atoms with van der Waals surface area (Å²) in [5.41, 5.74) is 3.76. The second kappa shape index (κ2) is 13.2. The number of ether oxygens (including phenoxy) is 1. The molecule has 8 heteroatoms. The molecule has 32 heavy (non-hydrogen) atoms. The number of nitrogens with zero attached hydrogens (tertiary/aromatic N) is 1. The van der Waals surface area contributed by atoms with Crippen LogP contribution in [0.1, 0.15) is 56.0 Å². The zero-order chi connectivity index (χ0) is 23.5. The predicted molar refractivity (Wildman–Crippen MR) is 132 cm³/mol. The van der Waals surface area contributed by atoms with E-state index in [1.165, 1.54) is 0 Å². The van der Waals surface area contributed by atoms with Gasteiger partial charge in [0.15, 0.2) is 0 Å². The summed E-state index contributed by atoms with van der Waals surface area (Å²) in [7, 11) is 0. The van der Waals surface area contributed by atoms with Gasteiger partial charge in [0.1, 0.15) is 11.8 Å². The summed E-state index contributed by atoms with van der Waals surface area (Å²) in [5.74, 6) is 0.253. The largest absolute Gasteiger partial charge is 0.492 e. The molecule has 6 nitrogen and oxygen atoms in total. The van der Waals surface area contributed by atoms with Crippen molar-refractivity contribution in [2.24, 2.45) is 11.0 Å². The minimum Gasteiger partial charge on any atom is -0.492 e. The Morgan fingerprint density at radius 3 is 2.53 bits per heavy atom. The first kappa shape index (κ1) is 25.9. The lowest BCUT2D eigenvalue weighted by Crippen LogP contribution is -2.46. The van der Waals surface area contributed by atoms with E-state index in [0.717, 1.165) is 28.6 Å². The van der Waals surface area contributed by atoms with E-state index in [-0.39, 0.29) is 17.7 Å². The molecule has 0 aliphatic rings. The highest BCUT2D eigenvalue weighted by molar-refractivity contribution is 9.10. The van der Waals surface area contributed by atoms with Crippen LogP contribution >= 0.6 is 27.5 Å². The molecule has 0 heterocycles. The van der Waals surface area contributed by atoms with Gasteiger partial charge in [-0.25, -0.2) is 5.43 Å². The summed E-state index contributed by atoms with van der Waals surface area (Å²) in [6, 6.07) is 11.4. The lowest BCUT2D eigenvalue weighted by atomic mass is 10.0. The summed E-state index contributed by atoms with van der Waals surface area (Å²) in [4.78, 5) is 25.2. The lowest BCUT2D eigenvalue weighted by molar-refractivity contribution is -0.123. The topological polar surface area (TPSA) is 79.8 Å². The first-order chi connectivity index (χ1) is 15.3. The molecule has 1 unspecified atom stereocenters. The van der Waals surface area contributed by atoms with Crippen molar-refractivity contribution in [3.05, 3.63) is 63.1 Å². The highest BCUT2D eigenvalue weighted by Gasteiger charge is 2.22. The Hall–Kier alpha value is -2.38. The van der Waals surface area contributed by atoms with E-state index in [0.29, 0.717) is 23.6 Å². The van der Waals surface area contributed by atoms with E-state index in [4.69, 9.17) is 16.3 Å². The highest BCUT2D eigenvalue weighted by atomic mass is 79.9. The van der Waals surface area contributed by atoms with Crippen LogP contribution in [0.3, 0.4) is 0 Å². The van der Waals surface area contributed by atoms with Gasteiger partial charge in [0.05, 0.1) is 17.3 Å². The third-order valence-electron chi connectivity index (χ3n) is 4.54. The van der Waals surface area contributed by atoms with Gasteiger partial charge < -0.3 is 10.1 Å². The maximum atomic E-state index is 12.7. The molecule has 1 atom stereocenters. The molecule has 0 aliphatic carbocycles. The molecule has 172 valence electrons. The Labute approximate surface area is 202 Å². The third-order valence-corrected chi connectivity index (χ3v) is 5.41. The van der Waals surface area contributed by atoms with E-state index in [9.17, 15) is 9.59 Å². The number of nitrogens with one attached hydrogen (secondary N) is 2.